The molecule has 0 spiro atoms. The van der Waals surface area contributed by atoms with Crippen LogP contribution in [-0.2, 0) is 19.4 Å². The second kappa shape index (κ2) is 8.03. The van der Waals surface area contributed by atoms with Crippen LogP contribution in [0, 0.1) is 0 Å². The lowest BCUT2D eigenvalue weighted by Gasteiger charge is -2.00. The largest absolute Gasteiger partial charge is 0.325 e. The van der Waals surface area contributed by atoms with Crippen LogP contribution in [-0.4, -0.2) is 25.5 Å². The SMILES string of the molecule is O=c1sc(SCCc2ccccn2)nn1CCc1ccccn1. The molecule has 0 amide bonds. The highest BCUT2D eigenvalue weighted by molar-refractivity contribution is 8.00. The van der Waals surface area contributed by atoms with Crippen molar-refractivity contribution in [1.29, 1.82) is 0 Å². The van der Waals surface area contributed by atoms with Crippen LogP contribution in [0.4, 0.5) is 0 Å². The Hall–Kier alpha value is -1.99. The smallest absolute Gasteiger partial charge is 0.261 e. The Labute approximate surface area is 142 Å². The lowest BCUT2D eigenvalue weighted by atomic mass is 10.3. The number of pyridine rings is 2. The van der Waals surface area contributed by atoms with Crippen molar-refractivity contribution in [3.8, 4) is 0 Å². The number of aryl methyl sites for hydroxylation is 3. The molecule has 0 fully saturated rings. The minimum Gasteiger partial charge on any atom is -0.261 e. The van der Waals surface area contributed by atoms with Gasteiger partial charge in [-0.25, -0.2) is 4.68 Å². The molecule has 3 heterocycles. The first-order valence-corrected chi connectivity index (χ1v) is 9.12. The monoisotopic (exact) mass is 344 g/mol. The fourth-order valence-electron chi connectivity index (χ4n) is 2.04. The van der Waals surface area contributed by atoms with Crippen molar-refractivity contribution in [3.05, 3.63) is 69.8 Å². The van der Waals surface area contributed by atoms with Crippen LogP contribution < -0.4 is 4.87 Å². The molecule has 23 heavy (non-hydrogen) atoms. The van der Waals surface area contributed by atoms with Gasteiger partial charge in [0.2, 0.25) is 0 Å². The number of hydrogen-bond donors (Lipinski definition) is 0. The van der Waals surface area contributed by atoms with E-state index >= 15 is 0 Å². The van der Waals surface area contributed by atoms with E-state index in [0.29, 0.717) is 13.0 Å². The zero-order valence-corrected chi connectivity index (χ0v) is 14.1. The highest BCUT2D eigenvalue weighted by atomic mass is 32.2. The molecule has 0 aliphatic carbocycles. The van der Waals surface area contributed by atoms with Crippen LogP contribution in [0.1, 0.15) is 11.4 Å². The predicted octanol–water partition coefficient (Wildman–Crippen LogP) is 2.67. The zero-order chi connectivity index (χ0) is 15.9. The van der Waals surface area contributed by atoms with Crippen LogP contribution in [0.15, 0.2) is 57.9 Å². The maximum absolute atomic E-state index is 12.0. The lowest BCUT2D eigenvalue weighted by Crippen LogP contribution is -2.16. The van der Waals surface area contributed by atoms with Gasteiger partial charge in [-0.3, -0.25) is 14.8 Å². The van der Waals surface area contributed by atoms with Gasteiger partial charge in [0, 0.05) is 36.0 Å². The van der Waals surface area contributed by atoms with E-state index in [2.05, 4.69) is 15.1 Å². The van der Waals surface area contributed by atoms with Crippen LogP contribution in [0.25, 0.3) is 0 Å². The lowest BCUT2D eigenvalue weighted by molar-refractivity contribution is 0.579. The summed E-state index contributed by atoms with van der Waals surface area (Å²) >= 11 is 2.81. The average molecular weight is 344 g/mol. The summed E-state index contributed by atoms with van der Waals surface area (Å²) in [5, 5.41) is 4.39. The highest BCUT2D eigenvalue weighted by Gasteiger charge is 2.07. The summed E-state index contributed by atoms with van der Waals surface area (Å²) in [5.74, 6) is 0.865. The highest BCUT2D eigenvalue weighted by Crippen LogP contribution is 2.18. The summed E-state index contributed by atoms with van der Waals surface area (Å²) in [7, 11) is 0. The number of thioether (sulfide) groups is 1. The molecule has 118 valence electrons. The van der Waals surface area contributed by atoms with E-state index in [1.54, 1.807) is 24.2 Å². The first-order valence-electron chi connectivity index (χ1n) is 7.32. The third-order valence-electron chi connectivity index (χ3n) is 3.20. The molecule has 0 atom stereocenters. The van der Waals surface area contributed by atoms with E-state index in [1.807, 2.05) is 36.4 Å². The standard InChI is InChI=1S/C16H16N4OS2/c21-16-20(11-7-13-5-1-3-9-17-13)19-15(23-16)22-12-8-14-6-2-4-10-18-14/h1-6,9-10H,7-8,11-12H2. The summed E-state index contributed by atoms with van der Waals surface area (Å²) < 4.78 is 2.34. The van der Waals surface area contributed by atoms with E-state index in [9.17, 15) is 4.79 Å². The molecule has 3 rings (SSSR count). The molecule has 5 nitrogen and oxygen atoms in total. The van der Waals surface area contributed by atoms with Gasteiger partial charge in [-0.05, 0) is 42.0 Å². The third kappa shape index (κ3) is 4.74. The quantitative estimate of drug-likeness (QED) is 0.617. The molecule has 0 aromatic carbocycles. The van der Waals surface area contributed by atoms with Gasteiger partial charge in [0.25, 0.3) is 0 Å². The molecule has 0 bridgehead atoms. The molecular weight excluding hydrogens is 328 g/mol. The third-order valence-corrected chi connectivity index (χ3v) is 5.19. The topological polar surface area (TPSA) is 60.7 Å². The fourth-order valence-corrected chi connectivity index (χ4v) is 3.91. The van der Waals surface area contributed by atoms with E-state index in [0.717, 1.165) is 27.9 Å². The number of hydrogen-bond acceptors (Lipinski definition) is 6. The summed E-state index contributed by atoms with van der Waals surface area (Å²) in [6.07, 6.45) is 5.14. The number of aromatic nitrogens is 4. The molecule has 0 N–H and O–H groups in total. The Morgan fingerprint density at radius 2 is 1.70 bits per heavy atom. The first kappa shape index (κ1) is 15.9. The van der Waals surface area contributed by atoms with Crippen molar-refractivity contribution >= 4 is 23.1 Å². The van der Waals surface area contributed by atoms with Gasteiger partial charge < -0.3 is 0 Å². The normalized spacial score (nSPS) is 10.8. The van der Waals surface area contributed by atoms with Gasteiger partial charge in [-0.15, -0.1) is 0 Å². The van der Waals surface area contributed by atoms with Crippen molar-refractivity contribution < 1.29 is 0 Å². The van der Waals surface area contributed by atoms with Gasteiger partial charge in [-0.2, -0.15) is 5.10 Å². The Morgan fingerprint density at radius 1 is 1.00 bits per heavy atom. The summed E-state index contributed by atoms with van der Waals surface area (Å²) in [5.41, 5.74) is 2.03. The van der Waals surface area contributed by atoms with Crippen LogP contribution >= 0.6 is 23.1 Å². The second-order valence-corrected chi connectivity index (χ2v) is 7.13. The average Bonchev–Trinajstić information content (AvgIpc) is 2.95. The van der Waals surface area contributed by atoms with Gasteiger partial charge in [0.15, 0.2) is 4.34 Å². The van der Waals surface area contributed by atoms with Crippen molar-refractivity contribution in [3.63, 3.8) is 0 Å². The molecule has 0 radical (unpaired) electrons. The molecule has 0 aliphatic heterocycles. The molecule has 0 saturated heterocycles. The molecule has 0 aliphatic rings. The van der Waals surface area contributed by atoms with Crippen molar-refractivity contribution in [2.75, 3.05) is 5.75 Å². The Balaban J connectivity index is 1.53. The van der Waals surface area contributed by atoms with E-state index in [-0.39, 0.29) is 4.87 Å². The Morgan fingerprint density at radius 3 is 2.35 bits per heavy atom. The fraction of sp³-hybridized carbons (Fsp3) is 0.250. The number of nitrogens with zero attached hydrogens (tertiary/aromatic N) is 4. The molecule has 3 aromatic heterocycles. The number of rotatable bonds is 7. The van der Waals surface area contributed by atoms with Crippen LogP contribution in [0.2, 0.25) is 0 Å². The van der Waals surface area contributed by atoms with Gasteiger partial charge in [0.1, 0.15) is 0 Å². The minimum absolute atomic E-state index is 0.0127. The second-order valence-electron chi connectivity index (χ2n) is 4.85. The molecule has 3 aromatic rings. The summed E-state index contributed by atoms with van der Waals surface area (Å²) in [4.78, 5) is 20.5. The Kier molecular flexibility index (Phi) is 5.55. The van der Waals surface area contributed by atoms with Crippen molar-refractivity contribution in [2.45, 2.75) is 23.7 Å². The summed E-state index contributed by atoms with van der Waals surface area (Å²) in [6.45, 7) is 0.563. The predicted molar refractivity (Wildman–Crippen MR) is 93.0 cm³/mol. The molecular formula is C16H16N4OS2. The van der Waals surface area contributed by atoms with Gasteiger partial charge in [0.05, 0.1) is 6.54 Å². The molecule has 0 unspecified atom stereocenters. The minimum atomic E-state index is -0.0127. The maximum Gasteiger partial charge on any atom is 0.325 e. The molecule has 0 saturated carbocycles. The first-order chi connectivity index (χ1) is 11.3. The van der Waals surface area contributed by atoms with E-state index in [4.69, 9.17) is 0 Å². The van der Waals surface area contributed by atoms with Crippen molar-refractivity contribution in [2.24, 2.45) is 0 Å². The maximum atomic E-state index is 12.0. The van der Waals surface area contributed by atoms with Gasteiger partial charge >= 0.3 is 4.87 Å². The van der Waals surface area contributed by atoms with Crippen molar-refractivity contribution in [1.82, 2.24) is 19.7 Å². The Bertz CT molecular complexity index is 787. The summed E-state index contributed by atoms with van der Waals surface area (Å²) in [6, 6.07) is 11.7. The molecule has 7 heteroatoms. The van der Waals surface area contributed by atoms with Crippen LogP contribution in [0.5, 0.6) is 0 Å². The van der Waals surface area contributed by atoms with Crippen LogP contribution in [0.3, 0.4) is 0 Å². The van der Waals surface area contributed by atoms with E-state index < -0.39 is 0 Å². The zero-order valence-electron chi connectivity index (χ0n) is 12.5. The van der Waals surface area contributed by atoms with E-state index in [1.165, 1.54) is 16.0 Å². The van der Waals surface area contributed by atoms with Gasteiger partial charge in [-0.1, -0.05) is 23.9 Å².